The van der Waals surface area contributed by atoms with Gasteiger partial charge in [-0.1, -0.05) is 13.0 Å². The van der Waals surface area contributed by atoms with Gasteiger partial charge in [-0.05, 0) is 30.2 Å². The minimum Gasteiger partial charge on any atom is -0.478 e. The fourth-order valence-electron chi connectivity index (χ4n) is 1.63. The van der Waals surface area contributed by atoms with Crippen LogP contribution in [0.15, 0.2) is 24.3 Å². The molecule has 1 aromatic carbocycles. The molecule has 0 fully saturated rings. The van der Waals surface area contributed by atoms with Crippen molar-refractivity contribution < 1.29 is 9.90 Å². The van der Waals surface area contributed by atoms with Crippen LogP contribution in [0.1, 0.15) is 22.8 Å². The van der Waals surface area contributed by atoms with E-state index in [9.17, 15) is 4.79 Å². The first-order valence-corrected chi connectivity index (χ1v) is 5.04. The smallest absolute Gasteiger partial charge is 0.339 e. The molecule has 0 radical (unpaired) electrons. The second-order valence-corrected chi connectivity index (χ2v) is 3.61. The summed E-state index contributed by atoms with van der Waals surface area (Å²) in [6.07, 6.45) is 0.905. The topological polar surface area (TPSA) is 76.2 Å². The van der Waals surface area contributed by atoms with E-state index < -0.39 is 5.97 Å². The van der Waals surface area contributed by atoms with Gasteiger partial charge in [-0.3, -0.25) is 0 Å². The molecule has 0 amide bonds. The fourth-order valence-corrected chi connectivity index (χ4v) is 1.63. The number of pyridine rings is 1. The van der Waals surface area contributed by atoms with Crippen LogP contribution in [0.4, 0.5) is 5.82 Å². The molecule has 82 valence electrons. The number of carboxylic acid groups (broad SMARTS) is 1. The molecule has 0 saturated carbocycles. The maximum absolute atomic E-state index is 10.9. The Bertz CT molecular complexity index is 564. The van der Waals surface area contributed by atoms with Crippen molar-refractivity contribution in [3.8, 4) is 0 Å². The highest BCUT2D eigenvalue weighted by Gasteiger charge is 2.10. The molecule has 1 heterocycles. The predicted octanol–water partition coefficient (Wildman–Crippen LogP) is 2.08. The molecule has 4 nitrogen and oxygen atoms in total. The Morgan fingerprint density at radius 1 is 1.44 bits per heavy atom. The van der Waals surface area contributed by atoms with Crippen LogP contribution in [0.5, 0.6) is 0 Å². The lowest BCUT2D eigenvalue weighted by Gasteiger charge is -2.04. The number of nitrogen functional groups attached to an aromatic ring is 1. The third kappa shape index (κ3) is 1.69. The molecule has 2 aromatic rings. The van der Waals surface area contributed by atoms with Crippen molar-refractivity contribution in [3.63, 3.8) is 0 Å². The Morgan fingerprint density at radius 2 is 2.19 bits per heavy atom. The van der Waals surface area contributed by atoms with Crippen LogP contribution >= 0.6 is 0 Å². The number of carbonyl (C=O) groups is 1. The standard InChI is InChI=1S/C12H12N2O2/c1-2-7-3-4-10-8(5-7)6-9(12(15)16)11(13)14-10/h3-6H,2H2,1H3,(H2,13,14)(H,15,16). The van der Waals surface area contributed by atoms with Crippen molar-refractivity contribution in [3.05, 3.63) is 35.4 Å². The van der Waals surface area contributed by atoms with Crippen molar-refractivity contribution in [2.75, 3.05) is 5.73 Å². The molecule has 4 heteroatoms. The SMILES string of the molecule is CCc1ccc2nc(N)c(C(=O)O)cc2c1. The molecule has 1 aromatic heterocycles. The number of nitrogens with two attached hydrogens (primary N) is 1. The van der Waals surface area contributed by atoms with E-state index in [4.69, 9.17) is 10.8 Å². The summed E-state index contributed by atoms with van der Waals surface area (Å²) < 4.78 is 0. The van der Waals surface area contributed by atoms with Crippen LogP contribution in [0.2, 0.25) is 0 Å². The highest BCUT2D eigenvalue weighted by molar-refractivity contribution is 5.97. The monoisotopic (exact) mass is 216 g/mol. The van der Waals surface area contributed by atoms with Gasteiger partial charge in [-0.2, -0.15) is 0 Å². The number of aromatic carboxylic acids is 1. The van der Waals surface area contributed by atoms with Gasteiger partial charge in [0.15, 0.2) is 0 Å². The zero-order chi connectivity index (χ0) is 11.7. The minimum atomic E-state index is -1.05. The van der Waals surface area contributed by atoms with Gasteiger partial charge in [0.1, 0.15) is 11.4 Å². The number of carboxylic acids is 1. The Hall–Kier alpha value is -2.10. The first-order valence-electron chi connectivity index (χ1n) is 5.04. The lowest BCUT2D eigenvalue weighted by molar-refractivity contribution is 0.0698. The average Bonchev–Trinajstić information content (AvgIpc) is 2.27. The third-order valence-corrected chi connectivity index (χ3v) is 2.55. The van der Waals surface area contributed by atoms with Gasteiger partial charge in [0.05, 0.1) is 5.52 Å². The van der Waals surface area contributed by atoms with E-state index in [0.717, 1.165) is 22.9 Å². The minimum absolute atomic E-state index is 0.0563. The normalized spacial score (nSPS) is 10.6. The first-order chi connectivity index (χ1) is 7.61. The number of fused-ring (bicyclic) bond motifs is 1. The second kappa shape index (κ2) is 3.81. The summed E-state index contributed by atoms with van der Waals surface area (Å²) in [7, 11) is 0. The van der Waals surface area contributed by atoms with Crippen molar-refractivity contribution in [1.82, 2.24) is 4.98 Å². The van der Waals surface area contributed by atoms with E-state index in [1.807, 2.05) is 25.1 Å². The van der Waals surface area contributed by atoms with Crippen LogP contribution in [-0.4, -0.2) is 16.1 Å². The van der Waals surface area contributed by atoms with Crippen molar-refractivity contribution in [1.29, 1.82) is 0 Å². The first kappa shape index (κ1) is 10.4. The lowest BCUT2D eigenvalue weighted by Crippen LogP contribution is -2.04. The summed E-state index contributed by atoms with van der Waals surface area (Å²) >= 11 is 0. The van der Waals surface area contributed by atoms with Gasteiger partial charge in [0.2, 0.25) is 0 Å². The molecule has 2 rings (SSSR count). The van der Waals surface area contributed by atoms with E-state index >= 15 is 0 Å². The molecular formula is C12H12N2O2. The highest BCUT2D eigenvalue weighted by atomic mass is 16.4. The van der Waals surface area contributed by atoms with Crippen LogP contribution in [0, 0.1) is 0 Å². The van der Waals surface area contributed by atoms with Crippen molar-refractivity contribution in [2.45, 2.75) is 13.3 Å². The van der Waals surface area contributed by atoms with E-state index in [1.165, 1.54) is 0 Å². The summed E-state index contributed by atoms with van der Waals surface area (Å²) in [6, 6.07) is 7.33. The van der Waals surface area contributed by atoms with Crippen LogP contribution < -0.4 is 5.73 Å². The van der Waals surface area contributed by atoms with Gasteiger partial charge >= 0.3 is 5.97 Å². The molecular weight excluding hydrogens is 204 g/mol. The molecule has 16 heavy (non-hydrogen) atoms. The molecule has 0 aliphatic rings. The van der Waals surface area contributed by atoms with Gasteiger partial charge < -0.3 is 10.8 Å². The number of anilines is 1. The number of nitrogens with zero attached hydrogens (tertiary/aromatic N) is 1. The number of benzene rings is 1. The Morgan fingerprint density at radius 3 is 2.81 bits per heavy atom. The van der Waals surface area contributed by atoms with Crippen LogP contribution in [0.3, 0.4) is 0 Å². The molecule has 0 aliphatic heterocycles. The zero-order valence-electron chi connectivity index (χ0n) is 8.90. The van der Waals surface area contributed by atoms with E-state index in [0.29, 0.717) is 0 Å². The number of aromatic nitrogens is 1. The number of hydrogen-bond donors (Lipinski definition) is 2. The van der Waals surface area contributed by atoms with Crippen molar-refractivity contribution >= 4 is 22.7 Å². The molecule has 0 bridgehead atoms. The summed E-state index contributed by atoms with van der Waals surface area (Å²) in [5.41, 5.74) is 7.49. The number of hydrogen-bond acceptors (Lipinski definition) is 3. The third-order valence-electron chi connectivity index (χ3n) is 2.55. The van der Waals surface area contributed by atoms with Gasteiger partial charge in [-0.25, -0.2) is 9.78 Å². The Labute approximate surface area is 92.7 Å². The van der Waals surface area contributed by atoms with Gasteiger partial charge in [0.25, 0.3) is 0 Å². The molecule has 3 N–H and O–H groups in total. The number of rotatable bonds is 2. The quantitative estimate of drug-likeness (QED) is 0.805. The van der Waals surface area contributed by atoms with Gasteiger partial charge in [-0.15, -0.1) is 0 Å². The predicted molar refractivity (Wildman–Crippen MR) is 62.5 cm³/mol. The molecule has 0 unspecified atom stereocenters. The van der Waals surface area contributed by atoms with Crippen LogP contribution in [0.25, 0.3) is 10.9 Å². The average molecular weight is 216 g/mol. The lowest BCUT2D eigenvalue weighted by atomic mass is 10.1. The maximum atomic E-state index is 10.9. The van der Waals surface area contributed by atoms with Crippen LogP contribution in [-0.2, 0) is 6.42 Å². The molecule has 0 saturated heterocycles. The highest BCUT2D eigenvalue weighted by Crippen LogP contribution is 2.20. The summed E-state index contributed by atoms with van der Waals surface area (Å²) in [5.74, 6) is -0.988. The van der Waals surface area contributed by atoms with Crippen molar-refractivity contribution in [2.24, 2.45) is 0 Å². The Kier molecular flexibility index (Phi) is 2.48. The fraction of sp³-hybridized carbons (Fsp3) is 0.167. The molecule has 0 atom stereocenters. The van der Waals surface area contributed by atoms with E-state index in [-0.39, 0.29) is 11.4 Å². The zero-order valence-corrected chi connectivity index (χ0v) is 8.90. The van der Waals surface area contributed by atoms with E-state index in [2.05, 4.69) is 4.98 Å². The summed E-state index contributed by atoms with van der Waals surface area (Å²) in [4.78, 5) is 15.0. The summed E-state index contributed by atoms with van der Waals surface area (Å²) in [6.45, 7) is 2.05. The summed E-state index contributed by atoms with van der Waals surface area (Å²) in [5, 5.41) is 9.74. The maximum Gasteiger partial charge on any atom is 0.339 e. The molecule has 0 spiro atoms. The van der Waals surface area contributed by atoms with E-state index in [1.54, 1.807) is 6.07 Å². The molecule has 0 aliphatic carbocycles. The second-order valence-electron chi connectivity index (χ2n) is 3.61. The number of aryl methyl sites for hydroxylation is 1. The Balaban J connectivity index is 2.70. The van der Waals surface area contributed by atoms with Gasteiger partial charge in [0, 0.05) is 5.39 Å². The largest absolute Gasteiger partial charge is 0.478 e.